The molecule has 9 heteroatoms. The van der Waals surface area contributed by atoms with Crippen LogP contribution in [0.5, 0.6) is 0 Å². The first-order valence-electron chi connectivity index (χ1n) is 8.50. The van der Waals surface area contributed by atoms with Gasteiger partial charge in [-0.15, -0.1) is 0 Å². The highest BCUT2D eigenvalue weighted by atomic mass is 35.5. The Bertz CT molecular complexity index is 914. The summed E-state index contributed by atoms with van der Waals surface area (Å²) in [6.07, 6.45) is 5.03. The van der Waals surface area contributed by atoms with Crippen molar-refractivity contribution >= 4 is 34.5 Å². The molecule has 0 saturated carbocycles. The number of piperidine rings is 1. The largest absolute Gasteiger partial charge is 0.354 e. The number of fused-ring (bicyclic) bond motifs is 1. The van der Waals surface area contributed by atoms with Crippen molar-refractivity contribution < 1.29 is 4.79 Å². The summed E-state index contributed by atoms with van der Waals surface area (Å²) in [4.78, 5) is 34.6. The molecule has 1 aliphatic rings. The number of pyridine rings is 1. The molecule has 1 aliphatic heterocycles. The molecule has 0 radical (unpaired) electrons. The zero-order chi connectivity index (χ0) is 17.9. The fourth-order valence-corrected chi connectivity index (χ4v) is 3.39. The van der Waals surface area contributed by atoms with Gasteiger partial charge in [-0.2, -0.15) is 9.97 Å². The lowest BCUT2D eigenvalue weighted by Gasteiger charge is -2.33. The highest BCUT2D eigenvalue weighted by molar-refractivity contribution is 6.28. The smallest absolute Gasteiger partial charge is 0.226 e. The fraction of sp³-hybridized carbons (Fsp3) is 0.353. The summed E-state index contributed by atoms with van der Waals surface area (Å²) < 4.78 is 0. The molecule has 4 heterocycles. The number of aromatic nitrogens is 5. The molecule has 1 unspecified atom stereocenters. The number of H-pyrrole nitrogens is 1. The lowest BCUT2D eigenvalue weighted by molar-refractivity contribution is -0.125. The minimum absolute atomic E-state index is 0.0290. The van der Waals surface area contributed by atoms with Crippen LogP contribution in [-0.4, -0.2) is 43.9 Å². The van der Waals surface area contributed by atoms with E-state index in [2.05, 4.69) is 35.1 Å². The van der Waals surface area contributed by atoms with E-state index in [0.29, 0.717) is 24.6 Å². The Morgan fingerprint density at radius 3 is 3.12 bits per heavy atom. The Balaban J connectivity index is 1.47. The Hall–Kier alpha value is -2.74. The second kappa shape index (κ2) is 7.25. The predicted octanol–water partition coefficient (Wildman–Crippen LogP) is 1.93. The first-order valence-corrected chi connectivity index (χ1v) is 8.87. The summed E-state index contributed by atoms with van der Waals surface area (Å²) >= 11 is 6.03. The van der Waals surface area contributed by atoms with E-state index in [4.69, 9.17) is 11.6 Å². The first kappa shape index (κ1) is 16.7. The number of halogens is 1. The first-order chi connectivity index (χ1) is 12.7. The molecule has 3 aromatic heterocycles. The maximum atomic E-state index is 12.6. The molecule has 26 heavy (non-hydrogen) atoms. The van der Waals surface area contributed by atoms with Crippen molar-refractivity contribution in [3.8, 4) is 0 Å². The van der Waals surface area contributed by atoms with Crippen LogP contribution in [0.1, 0.15) is 18.5 Å². The van der Waals surface area contributed by atoms with Gasteiger partial charge in [0, 0.05) is 19.3 Å². The molecule has 1 amide bonds. The number of carbonyl (C=O) groups excluding carboxylic acids is 1. The van der Waals surface area contributed by atoms with E-state index in [1.165, 1.54) is 0 Å². The van der Waals surface area contributed by atoms with Gasteiger partial charge in [0.25, 0.3) is 0 Å². The van der Waals surface area contributed by atoms with Crippen LogP contribution in [0.15, 0.2) is 30.7 Å². The van der Waals surface area contributed by atoms with Gasteiger partial charge in [0.05, 0.1) is 24.5 Å². The van der Waals surface area contributed by atoms with Crippen LogP contribution < -0.4 is 10.2 Å². The van der Waals surface area contributed by atoms with Crippen molar-refractivity contribution in [3.05, 3.63) is 41.7 Å². The van der Waals surface area contributed by atoms with E-state index in [-0.39, 0.29) is 17.1 Å². The van der Waals surface area contributed by atoms with E-state index in [9.17, 15) is 4.79 Å². The number of hydrogen-bond donors (Lipinski definition) is 2. The summed E-state index contributed by atoms with van der Waals surface area (Å²) in [7, 11) is 0. The van der Waals surface area contributed by atoms with E-state index in [0.717, 1.165) is 30.6 Å². The number of amides is 1. The van der Waals surface area contributed by atoms with E-state index < -0.39 is 0 Å². The van der Waals surface area contributed by atoms with E-state index in [1.54, 1.807) is 12.5 Å². The van der Waals surface area contributed by atoms with Crippen LogP contribution in [0, 0.1) is 5.92 Å². The lowest BCUT2D eigenvalue weighted by atomic mass is 9.97. The average Bonchev–Trinajstić information content (AvgIpc) is 3.14. The van der Waals surface area contributed by atoms with Gasteiger partial charge in [-0.05, 0) is 36.6 Å². The topological polar surface area (TPSA) is 99.7 Å². The molecule has 1 saturated heterocycles. The van der Waals surface area contributed by atoms with Gasteiger partial charge in [-0.3, -0.25) is 9.78 Å². The maximum Gasteiger partial charge on any atom is 0.226 e. The molecule has 3 aromatic rings. The number of anilines is 1. The van der Waals surface area contributed by atoms with E-state index in [1.807, 2.05) is 18.2 Å². The normalized spacial score (nSPS) is 17.4. The van der Waals surface area contributed by atoms with Crippen LogP contribution in [0.2, 0.25) is 5.28 Å². The SMILES string of the molecule is O=C(NCc1ccccn1)C1CCCN(c2nc(Cl)nc3nc[nH]c23)C1. The molecule has 1 atom stereocenters. The van der Waals surface area contributed by atoms with Gasteiger partial charge >= 0.3 is 0 Å². The molecular formula is C17H18ClN7O. The van der Waals surface area contributed by atoms with Crippen molar-refractivity contribution in [2.75, 3.05) is 18.0 Å². The van der Waals surface area contributed by atoms with Crippen LogP contribution >= 0.6 is 11.6 Å². The highest BCUT2D eigenvalue weighted by Gasteiger charge is 2.28. The highest BCUT2D eigenvalue weighted by Crippen LogP contribution is 2.27. The molecule has 8 nitrogen and oxygen atoms in total. The van der Waals surface area contributed by atoms with Crippen molar-refractivity contribution in [2.24, 2.45) is 5.92 Å². The standard InChI is InChI=1S/C17H18ClN7O/c18-17-23-14-13(21-10-22-14)15(24-17)25-7-3-4-11(9-25)16(26)20-8-12-5-1-2-6-19-12/h1-2,5-6,10-11H,3-4,7-9H2,(H,20,26)(H,21,22,23,24). The Morgan fingerprint density at radius 1 is 1.35 bits per heavy atom. The summed E-state index contributed by atoms with van der Waals surface area (Å²) in [5.41, 5.74) is 2.11. The van der Waals surface area contributed by atoms with Crippen LogP contribution in [0.25, 0.3) is 11.2 Å². The number of imidazole rings is 1. The average molecular weight is 372 g/mol. The molecule has 1 fully saturated rings. The second-order valence-electron chi connectivity index (χ2n) is 6.24. The Kier molecular flexibility index (Phi) is 4.66. The van der Waals surface area contributed by atoms with Gasteiger partial charge in [0.2, 0.25) is 11.2 Å². The number of rotatable bonds is 4. The summed E-state index contributed by atoms with van der Waals surface area (Å²) in [6.45, 7) is 1.82. The minimum Gasteiger partial charge on any atom is -0.354 e. The number of aromatic amines is 1. The zero-order valence-corrected chi connectivity index (χ0v) is 14.8. The van der Waals surface area contributed by atoms with Gasteiger partial charge in [0.1, 0.15) is 5.52 Å². The van der Waals surface area contributed by atoms with Gasteiger partial charge < -0.3 is 15.2 Å². The molecule has 4 rings (SSSR count). The van der Waals surface area contributed by atoms with Crippen LogP contribution in [0.4, 0.5) is 5.82 Å². The summed E-state index contributed by atoms with van der Waals surface area (Å²) in [5, 5.41) is 3.13. The zero-order valence-electron chi connectivity index (χ0n) is 14.0. The molecule has 0 spiro atoms. The molecule has 0 aliphatic carbocycles. The molecular weight excluding hydrogens is 354 g/mol. The van der Waals surface area contributed by atoms with Gasteiger partial charge in [0.15, 0.2) is 11.5 Å². The van der Waals surface area contributed by atoms with Gasteiger partial charge in [-0.1, -0.05) is 6.07 Å². The van der Waals surface area contributed by atoms with Crippen molar-refractivity contribution in [2.45, 2.75) is 19.4 Å². The third-order valence-corrected chi connectivity index (χ3v) is 4.67. The lowest BCUT2D eigenvalue weighted by Crippen LogP contribution is -2.43. The second-order valence-corrected chi connectivity index (χ2v) is 6.58. The fourth-order valence-electron chi connectivity index (χ4n) is 3.23. The van der Waals surface area contributed by atoms with E-state index >= 15 is 0 Å². The van der Waals surface area contributed by atoms with Crippen LogP contribution in [0.3, 0.4) is 0 Å². The minimum atomic E-state index is -0.112. The van der Waals surface area contributed by atoms with Crippen molar-refractivity contribution in [3.63, 3.8) is 0 Å². The monoisotopic (exact) mass is 371 g/mol. The molecule has 0 bridgehead atoms. The Morgan fingerprint density at radius 2 is 2.27 bits per heavy atom. The predicted molar refractivity (Wildman–Crippen MR) is 97.7 cm³/mol. The number of nitrogens with one attached hydrogen (secondary N) is 2. The molecule has 0 aromatic carbocycles. The molecule has 2 N–H and O–H groups in total. The molecule has 134 valence electrons. The maximum absolute atomic E-state index is 12.6. The number of nitrogens with zero attached hydrogens (tertiary/aromatic N) is 5. The van der Waals surface area contributed by atoms with Gasteiger partial charge in [-0.25, -0.2) is 4.98 Å². The third kappa shape index (κ3) is 3.45. The number of carbonyl (C=O) groups is 1. The third-order valence-electron chi connectivity index (χ3n) is 4.50. The van der Waals surface area contributed by atoms with Crippen molar-refractivity contribution in [1.29, 1.82) is 0 Å². The number of hydrogen-bond acceptors (Lipinski definition) is 6. The summed E-state index contributed by atoms with van der Waals surface area (Å²) in [6, 6.07) is 5.66. The Labute approximate surface area is 155 Å². The van der Waals surface area contributed by atoms with Crippen LogP contribution in [-0.2, 0) is 11.3 Å². The summed E-state index contributed by atoms with van der Waals surface area (Å²) in [5.74, 6) is 0.611. The quantitative estimate of drug-likeness (QED) is 0.680. The van der Waals surface area contributed by atoms with Crippen molar-refractivity contribution in [1.82, 2.24) is 30.2 Å².